The molecule has 0 aliphatic carbocycles. The van der Waals surface area contributed by atoms with Gasteiger partial charge in [-0.1, -0.05) is 38.5 Å². The number of rotatable bonds is 12. The second-order valence-electron chi connectivity index (χ2n) is 7.90. The first-order chi connectivity index (χ1) is 15.7. The number of carboxylic acids is 1. The van der Waals surface area contributed by atoms with Gasteiger partial charge in [0, 0.05) is 23.5 Å². The van der Waals surface area contributed by atoms with E-state index in [2.05, 4.69) is 20.9 Å². The first-order valence-electron chi connectivity index (χ1n) is 10.7. The van der Waals surface area contributed by atoms with E-state index in [1.54, 1.807) is 13.1 Å². The second kappa shape index (κ2) is 12.0. The number of aliphatic carboxylic acids is 1. The monoisotopic (exact) mass is 461 g/mol. The van der Waals surface area contributed by atoms with Gasteiger partial charge < -0.3 is 36.9 Å². The molecule has 0 aliphatic rings. The van der Waals surface area contributed by atoms with Crippen LogP contribution < -0.4 is 21.7 Å². The Morgan fingerprint density at radius 2 is 1.82 bits per heavy atom. The van der Waals surface area contributed by atoms with Gasteiger partial charge >= 0.3 is 5.97 Å². The minimum absolute atomic E-state index is 0.103. The molecule has 1 aromatic carbocycles. The van der Waals surface area contributed by atoms with Gasteiger partial charge in [-0.3, -0.25) is 14.4 Å². The van der Waals surface area contributed by atoms with E-state index in [-0.39, 0.29) is 12.3 Å². The van der Waals surface area contributed by atoms with E-state index >= 15 is 0 Å². The zero-order valence-electron chi connectivity index (χ0n) is 18.6. The molecule has 0 bridgehead atoms. The molecule has 4 unspecified atom stereocenters. The number of hydrogen-bond donors (Lipinski definition) is 7. The number of amides is 3. The quantitative estimate of drug-likeness (QED) is 0.216. The van der Waals surface area contributed by atoms with Gasteiger partial charge in [0.25, 0.3) is 0 Å². The molecule has 0 saturated carbocycles. The van der Waals surface area contributed by atoms with Crippen LogP contribution in [0.15, 0.2) is 30.5 Å². The Bertz CT molecular complexity index is 991. The summed E-state index contributed by atoms with van der Waals surface area (Å²) in [4.78, 5) is 51.8. The van der Waals surface area contributed by atoms with Gasteiger partial charge in [-0.05, 0) is 17.5 Å². The summed E-state index contributed by atoms with van der Waals surface area (Å²) in [5.74, 6) is -3.49. The lowest BCUT2D eigenvalue weighted by Gasteiger charge is -2.22. The molecular weight excluding hydrogens is 430 g/mol. The number of H-pyrrole nitrogens is 1. The number of fused-ring (bicyclic) bond motifs is 1. The Kier molecular flexibility index (Phi) is 9.37. The average molecular weight is 462 g/mol. The highest BCUT2D eigenvalue weighted by molar-refractivity contribution is 5.93. The Hall–Kier alpha value is -3.44. The molecule has 11 heteroatoms. The van der Waals surface area contributed by atoms with Crippen molar-refractivity contribution in [1.82, 2.24) is 20.9 Å². The standard InChI is InChI=1S/C22H31N5O6/c1-3-12(2)19(22(32)33)27-18(29)10-25-21(31)17(26-20(30)15(23)11-28)8-13-9-24-16-7-5-4-6-14(13)16/h4-7,9,12,15,17,19,24,28H,3,8,10-11,23H2,1-2H3,(H,25,31)(H,26,30)(H,27,29)(H,32,33). The van der Waals surface area contributed by atoms with Crippen LogP contribution in [-0.2, 0) is 25.6 Å². The van der Waals surface area contributed by atoms with Crippen molar-refractivity contribution in [2.24, 2.45) is 11.7 Å². The minimum Gasteiger partial charge on any atom is -0.480 e. The topological polar surface area (TPSA) is 187 Å². The third kappa shape index (κ3) is 7.02. The Labute approximate surface area is 191 Å². The summed E-state index contributed by atoms with van der Waals surface area (Å²) in [5.41, 5.74) is 7.17. The number of carbonyl (C=O) groups excluding carboxylic acids is 3. The highest BCUT2D eigenvalue weighted by Crippen LogP contribution is 2.19. The summed E-state index contributed by atoms with van der Waals surface area (Å²) in [7, 11) is 0. The number of aromatic amines is 1. The van der Waals surface area contributed by atoms with E-state index in [0.29, 0.717) is 6.42 Å². The van der Waals surface area contributed by atoms with E-state index in [1.807, 2.05) is 31.2 Å². The maximum absolute atomic E-state index is 12.8. The number of benzene rings is 1. The van der Waals surface area contributed by atoms with Crippen molar-refractivity contribution in [3.63, 3.8) is 0 Å². The highest BCUT2D eigenvalue weighted by Gasteiger charge is 2.27. The number of carboxylic acid groups (broad SMARTS) is 1. The molecule has 11 nitrogen and oxygen atoms in total. The van der Waals surface area contributed by atoms with Gasteiger partial charge in [0.1, 0.15) is 18.1 Å². The van der Waals surface area contributed by atoms with Crippen molar-refractivity contribution < 1.29 is 29.4 Å². The van der Waals surface area contributed by atoms with Crippen LogP contribution >= 0.6 is 0 Å². The second-order valence-corrected chi connectivity index (χ2v) is 7.90. The zero-order valence-corrected chi connectivity index (χ0v) is 18.6. The first-order valence-corrected chi connectivity index (χ1v) is 10.7. The number of para-hydroxylation sites is 1. The van der Waals surface area contributed by atoms with Crippen LogP contribution in [0, 0.1) is 5.92 Å². The largest absolute Gasteiger partial charge is 0.480 e. The zero-order chi connectivity index (χ0) is 24.5. The van der Waals surface area contributed by atoms with Gasteiger partial charge in [0.05, 0.1) is 13.2 Å². The van der Waals surface area contributed by atoms with Crippen molar-refractivity contribution in [2.45, 2.75) is 44.8 Å². The van der Waals surface area contributed by atoms with Crippen LogP contribution in [0.25, 0.3) is 10.9 Å². The van der Waals surface area contributed by atoms with E-state index in [4.69, 9.17) is 10.8 Å². The average Bonchev–Trinajstić information content (AvgIpc) is 3.21. The number of aliphatic hydroxyl groups is 1. The third-order valence-electron chi connectivity index (χ3n) is 5.48. The van der Waals surface area contributed by atoms with Crippen LogP contribution in [0.1, 0.15) is 25.8 Å². The van der Waals surface area contributed by atoms with Gasteiger partial charge in [0.15, 0.2) is 0 Å². The SMILES string of the molecule is CCC(C)C(NC(=O)CNC(=O)C(Cc1c[nH]c2ccccc12)NC(=O)C(N)CO)C(=O)O. The molecule has 0 radical (unpaired) electrons. The number of hydrogen-bond acceptors (Lipinski definition) is 6. The Morgan fingerprint density at radius 3 is 2.45 bits per heavy atom. The smallest absolute Gasteiger partial charge is 0.326 e. The molecule has 0 fully saturated rings. The fraction of sp³-hybridized carbons (Fsp3) is 0.455. The Morgan fingerprint density at radius 1 is 1.12 bits per heavy atom. The highest BCUT2D eigenvalue weighted by atomic mass is 16.4. The van der Waals surface area contributed by atoms with Crippen molar-refractivity contribution in [3.05, 3.63) is 36.0 Å². The third-order valence-corrected chi connectivity index (χ3v) is 5.48. The van der Waals surface area contributed by atoms with E-state index in [1.165, 1.54) is 0 Å². The molecule has 0 spiro atoms. The fourth-order valence-corrected chi connectivity index (χ4v) is 3.29. The molecule has 4 atom stereocenters. The minimum atomic E-state index is -1.21. The molecule has 0 aliphatic heterocycles. The van der Waals surface area contributed by atoms with Crippen molar-refractivity contribution in [3.8, 4) is 0 Å². The van der Waals surface area contributed by atoms with Crippen molar-refractivity contribution in [2.75, 3.05) is 13.2 Å². The lowest BCUT2D eigenvalue weighted by atomic mass is 9.99. The molecule has 2 aromatic rings. The maximum Gasteiger partial charge on any atom is 0.326 e. The molecule has 8 N–H and O–H groups in total. The number of carbonyl (C=O) groups is 4. The summed E-state index contributed by atoms with van der Waals surface area (Å²) < 4.78 is 0. The lowest BCUT2D eigenvalue weighted by molar-refractivity contribution is -0.143. The van der Waals surface area contributed by atoms with E-state index in [0.717, 1.165) is 16.5 Å². The molecule has 1 heterocycles. The van der Waals surface area contributed by atoms with Crippen LogP contribution in [0.3, 0.4) is 0 Å². The summed E-state index contributed by atoms with van der Waals surface area (Å²) >= 11 is 0. The molecule has 1 aromatic heterocycles. The van der Waals surface area contributed by atoms with E-state index in [9.17, 15) is 24.3 Å². The molecule has 0 saturated heterocycles. The fourth-order valence-electron chi connectivity index (χ4n) is 3.29. The van der Waals surface area contributed by atoms with E-state index < -0.39 is 55.0 Å². The number of aliphatic hydroxyl groups excluding tert-OH is 1. The normalized spacial score (nSPS) is 14.7. The molecule has 180 valence electrons. The molecule has 3 amide bonds. The van der Waals surface area contributed by atoms with Gasteiger partial charge in [0.2, 0.25) is 17.7 Å². The summed E-state index contributed by atoms with van der Waals surface area (Å²) in [6.07, 6.45) is 2.37. The van der Waals surface area contributed by atoms with Crippen LogP contribution in [0.4, 0.5) is 0 Å². The van der Waals surface area contributed by atoms with Crippen LogP contribution in [-0.4, -0.2) is 70.2 Å². The maximum atomic E-state index is 12.8. The predicted octanol–water partition coefficient (Wildman–Crippen LogP) is -0.753. The van der Waals surface area contributed by atoms with Gasteiger partial charge in [-0.15, -0.1) is 0 Å². The summed E-state index contributed by atoms with van der Waals surface area (Å²) in [6, 6.07) is 4.07. The van der Waals surface area contributed by atoms with Crippen molar-refractivity contribution >= 4 is 34.6 Å². The van der Waals surface area contributed by atoms with Crippen LogP contribution in [0.5, 0.6) is 0 Å². The number of nitrogens with one attached hydrogen (secondary N) is 4. The van der Waals surface area contributed by atoms with Gasteiger partial charge in [-0.25, -0.2) is 4.79 Å². The molecule has 33 heavy (non-hydrogen) atoms. The molecule has 2 rings (SSSR count). The van der Waals surface area contributed by atoms with Crippen LogP contribution in [0.2, 0.25) is 0 Å². The Balaban J connectivity index is 2.10. The molecular formula is C22H31N5O6. The predicted molar refractivity (Wildman–Crippen MR) is 121 cm³/mol. The summed E-state index contributed by atoms with van der Waals surface area (Å²) in [5, 5.41) is 26.6. The van der Waals surface area contributed by atoms with Crippen molar-refractivity contribution in [1.29, 1.82) is 0 Å². The first kappa shape index (κ1) is 25.8. The van der Waals surface area contributed by atoms with Gasteiger partial charge in [-0.2, -0.15) is 0 Å². The number of aromatic nitrogens is 1. The lowest BCUT2D eigenvalue weighted by Crippen LogP contribution is -2.55. The number of nitrogens with two attached hydrogens (primary N) is 1. The summed E-state index contributed by atoms with van der Waals surface area (Å²) in [6.45, 7) is 2.45.